The average molecular weight is 263 g/mol. The lowest BCUT2D eigenvalue weighted by Gasteiger charge is -2.06. The van der Waals surface area contributed by atoms with E-state index in [1.54, 1.807) is 23.9 Å². The molecule has 7 heteroatoms. The number of nitrogens with zero attached hydrogens (tertiary/aromatic N) is 3. The molecule has 0 spiro atoms. The Bertz CT molecular complexity index is 566. The summed E-state index contributed by atoms with van der Waals surface area (Å²) in [7, 11) is 1.59. The zero-order valence-corrected chi connectivity index (χ0v) is 10.8. The molecule has 0 atom stereocenters. The number of rotatable bonds is 6. The van der Waals surface area contributed by atoms with Crippen LogP contribution in [-0.2, 0) is 16.1 Å². The van der Waals surface area contributed by atoms with Crippen molar-refractivity contribution in [1.29, 1.82) is 0 Å². The molecule has 0 aliphatic carbocycles. The smallest absolute Gasteiger partial charge is 0.221 e. The summed E-state index contributed by atoms with van der Waals surface area (Å²) in [4.78, 5) is 20.0. The lowest BCUT2D eigenvalue weighted by molar-refractivity contribution is -0.121. The predicted molar refractivity (Wildman–Crippen MR) is 71.4 cm³/mol. The summed E-state index contributed by atoms with van der Waals surface area (Å²) in [5.74, 6) is 0.327. The normalized spacial score (nSPS) is 10.8. The highest BCUT2D eigenvalue weighted by molar-refractivity contribution is 5.77. The number of pyridine rings is 1. The Hall–Kier alpha value is -2.15. The zero-order valence-electron chi connectivity index (χ0n) is 10.8. The number of hydrogen-bond donors (Lipinski definition) is 2. The number of carbonyl (C=O) groups is 1. The number of amides is 1. The number of carbonyl (C=O) groups excluding carboxylic acids is 1. The molecular formula is C12H17N5O2. The number of nitrogens with two attached hydrogens (primary N) is 1. The SMILES string of the molecule is COCCNC(=O)CCn1c(N)nc2cccnc21. The van der Waals surface area contributed by atoms with E-state index in [9.17, 15) is 4.79 Å². The summed E-state index contributed by atoms with van der Waals surface area (Å²) in [6.07, 6.45) is 2.01. The van der Waals surface area contributed by atoms with Crippen molar-refractivity contribution in [3.63, 3.8) is 0 Å². The summed E-state index contributed by atoms with van der Waals surface area (Å²) < 4.78 is 6.60. The van der Waals surface area contributed by atoms with Gasteiger partial charge in [0.1, 0.15) is 5.52 Å². The third kappa shape index (κ3) is 3.19. The Labute approximate surface area is 110 Å². The quantitative estimate of drug-likeness (QED) is 0.724. The van der Waals surface area contributed by atoms with Crippen molar-refractivity contribution < 1.29 is 9.53 Å². The number of aryl methyl sites for hydroxylation is 1. The van der Waals surface area contributed by atoms with Crippen LogP contribution < -0.4 is 11.1 Å². The molecule has 0 radical (unpaired) electrons. The third-order valence-corrected chi connectivity index (χ3v) is 2.72. The Morgan fingerprint density at radius 1 is 1.58 bits per heavy atom. The average Bonchev–Trinajstić information content (AvgIpc) is 2.72. The van der Waals surface area contributed by atoms with Crippen LogP contribution in [-0.4, -0.2) is 40.7 Å². The highest BCUT2D eigenvalue weighted by Gasteiger charge is 2.10. The van der Waals surface area contributed by atoms with E-state index >= 15 is 0 Å². The molecule has 0 bridgehead atoms. The highest BCUT2D eigenvalue weighted by atomic mass is 16.5. The summed E-state index contributed by atoms with van der Waals surface area (Å²) in [6, 6.07) is 3.64. The van der Waals surface area contributed by atoms with E-state index in [-0.39, 0.29) is 5.91 Å². The molecule has 0 fully saturated rings. The van der Waals surface area contributed by atoms with Gasteiger partial charge in [-0.15, -0.1) is 0 Å². The van der Waals surface area contributed by atoms with E-state index in [2.05, 4.69) is 15.3 Å². The van der Waals surface area contributed by atoms with Gasteiger partial charge >= 0.3 is 0 Å². The molecule has 2 heterocycles. The van der Waals surface area contributed by atoms with Gasteiger partial charge in [-0.3, -0.25) is 9.36 Å². The molecule has 2 aromatic rings. The fourth-order valence-corrected chi connectivity index (χ4v) is 1.79. The highest BCUT2D eigenvalue weighted by Crippen LogP contribution is 2.15. The predicted octanol–water partition coefficient (Wildman–Crippen LogP) is 0.166. The first-order valence-corrected chi connectivity index (χ1v) is 6.04. The number of imidazole rings is 1. The Morgan fingerprint density at radius 3 is 3.21 bits per heavy atom. The van der Waals surface area contributed by atoms with Crippen LogP contribution in [0.3, 0.4) is 0 Å². The monoisotopic (exact) mass is 263 g/mol. The van der Waals surface area contributed by atoms with Crippen molar-refractivity contribution in [2.75, 3.05) is 26.0 Å². The van der Waals surface area contributed by atoms with Gasteiger partial charge in [0, 0.05) is 32.8 Å². The van der Waals surface area contributed by atoms with Crippen molar-refractivity contribution in [2.45, 2.75) is 13.0 Å². The van der Waals surface area contributed by atoms with Crippen molar-refractivity contribution in [1.82, 2.24) is 19.9 Å². The minimum absolute atomic E-state index is 0.0470. The van der Waals surface area contributed by atoms with E-state index < -0.39 is 0 Å². The van der Waals surface area contributed by atoms with Crippen molar-refractivity contribution in [3.8, 4) is 0 Å². The lowest BCUT2D eigenvalue weighted by atomic mass is 10.4. The molecule has 0 saturated heterocycles. The van der Waals surface area contributed by atoms with Crippen molar-refractivity contribution >= 4 is 23.0 Å². The molecule has 2 aromatic heterocycles. The van der Waals surface area contributed by atoms with Crippen LogP contribution in [0.15, 0.2) is 18.3 Å². The molecule has 3 N–H and O–H groups in total. The number of hydrogen-bond acceptors (Lipinski definition) is 5. The summed E-state index contributed by atoms with van der Waals surface area (Å²) in [6.45, 7) is 1.47. The van der Waals surface area contributed by atoms with Crippen LogP contribution in [0.25, 0.3) is 11.2 Å². The second-order valence-electron chi connectivity index (χ2n) is 4.06. The van der Waals surface area contributed by atoms with Crippen LogP contribution in [0.5, 0.6) is 0 Å². The van der Waals surface area contributed by atoms with Crippen molar-refractivity contribution in [3.05, 3.63) is 18.3 Å². The maximum Gasteiger partial charge on any atom is 0.221 e. The van der Waals surface area contributed by atoms with Gasteiger partial charge in [0.15, 0.2) is 5.65 Å². The molecular weight excluding hydrogens is 246 g/mol. The number of methoxy groups -OCH3 is 1. The molecule has 2 rings (SSSR count). The Kier molecular flexibility index (Phi) is 4.30. The molecule has 0 aliphatic heterocycles. The topological polar surface area (TPSA) is 95.1 Å². The van der Waals surface area contributed by atoms with Gasteiger partial charge < -0.3 is 15.8 Å². The van der Waals surface area contributed by atoms with E-state index in [0.717, 1.165) is 5.52 Å². The lowest BCUT2D eigenvalue weighted by Crippen LogP contribution is -2.27. The first-order chi connectivity index (χ1) is 9.22. The van der Waals surface area contributed by atoms with Crippen LogP contribution in [0.2, 0.25) is 0 Å². The molecule has 0 unspecified atom stereocenters. The van der Waals surface area contributed by atoms with E-state index in [1.165, 1.54) is 0 Å². The van der Waals surface area contributed by atoms with Crippen LogP contribution >= 0.6 is 0 Å². The van der Waals surface area contributed by atoms with Gasteiger partial charge in [-0.05, 0) is 12.1 Å². The van der Waals surface area contributed by atoms with Gasteiger partial charge in [0.05, 0.1) is 6.61 Å². The van der Waals surface area contributed by atoms with E-state index in [0.29, 0.717) is 37.7 Å². The van der Waals surface area contributed by atoms with Gasteiger partial charge in [-0.2, -0.15) is 0 Å². The minimum atomic E-state index is -0.0470. The van der Waals surface area contributed by atoms with Crippen LogP contribution in [0.4, 0.5) is 5.95 Å². The number of nitrogen functional groups attached to an aromatic ring is 1. The maximum atomic E-state index is 11.6. The fraction of sp³-hybridized carbons (Fsp3) is 0.417. The second kappa shape index (κ2) is 6.14. The minimum Gasteiger partial charge on any atom is -0.383 e. The van der Waals surface area contributed by atoms with Crippen LogP contribution in [0, 0.1) is 0 Å². The number of anilines is 1. The van der Waals surface area contributed by atoms with Gasteiger partial charge in [-0.1, -0.05) is 0 Å². The second-order valence-corrected chi connectivity index (χ2v) is 4.06. The van der Waals surface area contributed by atoms with Crippen LogP contribution in [0.1, 0.15) is 6.42 Å². The summed E-state index contributed by atoms with van der Waals surface area (Å²) >= 11 is 0. The number of ether oxygens (including phenoxy) is 1. The molecule has 0 aliphatic rings. The molecule has 0 saturated carbocycles. The summed E-state index contributed by atoms with van der Waals surface area (Å²) in [5.41, 5.74) is 7.26. The molecule has 19 heavy (non-hydrogen) atoms. The standard InChI is InChI=1S/C12H17N5O2/c1-19-8-6-14-10(18)4-7-17-11-9(16-12(17)13)3-2-5-15-11/h2-3,5H,4,6-8H2,1H3,(H2,13,16)(H,14,18). The zero-order chi connectivity index (χ0) is 13.7. The maximum absolute atomic E-state index is 11.6. The number of nitrogens with one attached hydrogen (secondary N) is 1. The molecule has 7 nitrogen and oxygen atoms in total. The molecule has 102 valence electrons. The Morgan fingerprint density at radius 2 is 2.42 bits per heavy atom. The largest absolute Gasteiger partial charge is 0.383 e. The fourth-order valence-electron chi connectivity index (χ4n) is 1.79. The summed E-state index contributed by atoms with van der Waals surface area (Å²) in [5, 5.41) is 2.75. The molecule has 1 amide bonds. The van der Waals surface area contributed by atoms with Gasteiger partial charge in [0.2, 0.25) is 11.9 Å². The van der Waals surface area contributed by atoms with Gasteiger partial charge in [0.25, 0.3) is 0 Å². The molecule has 0 aromatic carbocycles. The third-order valence-electron chi connectivity index (χ3n) is 2.72. The number of fused-ring (bicyclic) bond motifs is 1. The van der Waals surface area contributed by atoms with Gasteiger partial charge in [-0.25, -0.2) is 9.97 Å². The first kappa shape index (κ1) is 13.3. The van der Waals surface area contributed by atoms with E-state index in [4.69, 9.17) is 10.5 Å². The van der Waals surface area contributed by atoms with E-state index in [1.807, 2.05) is 6.07 Å². The number of aromatic nitrogens is 3. The van der Waals surface area contributed by atoms with Crippen molar-refractivity contribution in [2.24, 2.45) is 0 Å². The Balaban J connectivity index is 1.98. The first-order valence-electron chi connectivity index (χ1n) is 6.04.